The molecule has 0 heterocycles. The quantitative estimate of drug-likeness (QED) is 0.376. The van der Waals surface area contributed by atoms with E-state index in [1.165, 1.54) is 12.1 Å². The van der Waals surface area contributed by atoms with Crippen LogP contribution in [-0.4, -0.2) is 22.0 Å². The van der Waals surface area contributed by atoms with Gasteiger partial charge in [0.15, 0.2) is 0 Å². The SMILES string of the molecule is CC(C)[C@H](Nc1c(I)cc([N+](=O)[O-])cc1I)C(=O)O. The van der Waals surface area contributed by atoms with Gasteiger partial charge >= 0.3 is 5.97 Å². The molecule has 0 fully saturated rings. The molecule has 8 heteroatoms. The van der Waals surface area contributed by atoms with Crippen molar-refractivity contribution in [1.29, 1.82) is 0 Å². The topological polar surface area (TPSA) is 92.5 Å². The van der Waals surface area contributed by atoms with Crippen LogP contribution in [0.1, 0.15) is 13.8 Å². The first-order valence-electron chi connectivity index (χ1n) is 5.36. The molecule has 0 aliphatic carbocycles. The van der Waals surface area contributed by atoms with Gasteiger partial charge in [-0.3, -0.25) is 10.1 Å². The monoisotopic (exact) mass is 490 g/mol. The van der Waals surface area contributed by atoms with Gasteiger partial charge in [0.05, 0.1) is 10.6 Å². The van der Waals surface area contributed by atoms with Gasteiger partial charge in [0, 0.05) is 19.3 Å². The molecular formula is C11H12I2N2O4. The van der Waals surface area contributed by atoms with Crippen molar-refractivity contribution >= 4 is 62.5 Å². The van der Waals surface area contributed by atoms with Crippen LogP contribution in [0.25, 0.3) is 0 Å². The van der Waals surface area contributed by atoms with Gasteiger partial charge < -0.3 is 10.4 Å². The molecule has 104 valence electrons. The summed E-state index contributed by atoms with van der Waals surface area (Å²) in [4.78, 5) is 21.4. The smallest absolute Gasteiger partial charge is 0.326 e. The number of hydrogen-bond acceptors (Lipinski definition) is 4. The van der Waals surface area contributed by atoms with Gasteiger partial charge in [-0.2, -0.15) is 0 Å². The molecule has 0 saturated heterocycles. The predicted molar refractivity (Wildman–Crippen MR) is 88.4 cm³/mol. The van der Waals surface area contributed by atoms with Crippen LogP contribution in [0.5, 0.6) is 0 Å². The average molecular weight is 490 g/mol. The fourth-order valence-electron chi connectivity index (χ4n) is 1.47. The number of nitrogens with one attached hydrogen (secondary N) is 1. The number of benzene rings is 1. The predicted octanol–water partition coefficient (Wildman–Crippen LogP) is 3.33. The molecule has 0 saturated carbocycles. The molecular weight excluding hydrogens is 478 g/mol. The van der Waals surface area contributed by atoms with E-state index in [2.05, 4.69) is 5.32 Å². The summed E-state index contributed by atoms with van der Waals surface area (Å²) in [6, 6.07) is 2.11. The van der Waals surface area contributed by atoms with Crippen LogP contribution in [0.3, 0.4) is 0 Å². The summed E-state index contributed by atoms with van der Waals surface area (Å²) in [7, 11) is 0. The molecule has 0 bridgehead atoms. The summed E-state index contributed by atoms with van der Waals surface area (Å²) in [5.74, 6) is -1.04. The van der Waals surface area contributed by atoms with Crippen molar-refractivity contribution in [2.45, 2.75) is 19.9 Å². The van der Waals surface area contributed by atoms with Gasteiger partial charge in [0.2, 0.25) is 0 Å². The Labute approximate surface area is 137 Å². The largest absolute Gasteiger partial charge is 0.480 e. The summed E-state index contributed by atoms with van der Waals surface area (Å²) < 4.78 is 1.26. The zero-order chi connectivity index (χ0) is 14.7. The minimum Gasteiger partial charge on any atom is -0.480 e. The number of non-ortho nitro benzene ring substituents is 1. The number of nitro benzene ring substituents is 1. The molecule has 1 atom stereocenters. The van der Waals surface area contributed by atoms with Crippen LogP contribution in [0.2, 0.25) is 0 Å². The van der Waals surface area contributed by atoms with Gasteiger partial charge in [-0.15, -0.1) is 0 Å². The average Bonchev–Trinajstić information content (AvgIpc) is 2.26. The number of halogens is 2. The Morgan fingerprint density at radius 1 is 1.37 bits per heavy atom. The molecule has 1 aromatic rings. The van der Waals surface area contributed by atoms with Crippen LogP contribution in [0.4, 0.5) is 11.4 Å². The molecule has 1 aromatic carbocycles. The second-order valence-corrected chi connectivity index (χ2v) is 6.57. The second-order valence-electron chi connectivity index (χ2n) is 4.25. The number of nitrogens with zero attached hydrogens (tertiary/aromatic N) is 1. The van der Waals surface area contributed by atoms with E-state index in [0.29, 0.717) is 12.8 Å². The molecule has 0 amide bonds. The first kappa shape index (κ1) is 16.4. The van der Waals surface area contributed by atoms with E-state index >= 15 is 0 Å². The van der Waals surface area contributed by atoms with Crippen molar-refractivity contribution in [3.63, 3.8) is 0 Å². The number of aliphatic carboxylic acids is 1. The molecule has 6 nitrogen and oxygen atoms in total. The van der Waals surface area contributed by atoms with Gasteiger partial charge in [-0.25, -0.2) is 4.79 Å². The Balaban J connectivity index is 3.14. The lowest BCUT2D eigenvalue weighted by Gasteiger charge is -2.21. The standard InChI is InChI=1S/C11H12I2N2O4/c1-5(2)9(11(16)17)14-10-7(12)3-6(15(18)19)4-8(10)13/h3-5,9,14H,1-2H3,(H,16,17)/t9-/m0/s1. The summed E-state index contributed by atoms with van der Waals surface area (Å²) in [6.07, 6.45) is 0. The minimum atomic E-state index is -0.944. The number of hydrogen-bond donors (Lipinski definition) is 2. The van der Waals surface area contributed by atoms with E-state index < -0.39 is 16.9 Å². The van der Waals surface area contributed by atoms with Crippen molar-refractivity contribution in [2.24, 2.45) is 5.92 Å². The third kappa shape index (κ3) is 4.16. The normalized spacial score (nSPS) is 12.3. The fourth-order valence-corrected chi connectivity index (χ4v) is 3.52. The highest BCUT2D eigenvalue weighted by Crippen LogP contribution is 2.31. The van der Waals surface area contributed by atoms with Gasteiger partial charge in [-0.05, 0) is 51.1 Å². The Kier molecular flexibility index (Phi) is 5.77. The van der Waals surface area contributed by atoms with Crippen molar-refractivity contribution in [2.75, 3.05) is 5.32 Å². The highest BCUT2D eigenvalue weighted by molar-refractivity contribution is 14.1. The van der Waals surface area contributed by atoms with Gasteiger partial charge in [-0.1, -0.05) is 13.8 Å². The first-order valence-corrected chi connectivity index (χ1v) is 7.52. The number of anilines is 1. The summed E-state index contributed by atoms with van der Waals surface area (Å²) in [5.41, 5.74) is 0.615. The number of rotatable bonds is 5. The fraction of sp³-hybridized carbons (Fsp3) is 0.364. The number of carboxylic acids is 1. The molecule has 19 heavy (non-hydrogen) atoms. The van der Waals surface area contributed by atoms with E-state index in [-0.39, 0.29) is 11.6 Å². The molecule has 0 radical (unpaired) electrons. The molecule has 0 spiro atoms. The van der Waals surface area contributed by atoms with Crippen molar-refractivity contribution < 1.29 is 14.8 Å². The number of carbonyl (C=O) groups is 1. The van der Waals surface area contributed by atoms with Crippen molar-refractivity contribution in [3.05, 3.63) is 29.4 Å². The number of carboxylic acid groups (broad SMARTS) is 1. The van der Waals surface area contributed by atoms with Gasteiger partial charge in [0.1, 0.15) is 6.04 Å². The third-order valence-corrected chi connectivity index (χ3v) is 4.17. The van der Waals surface area contributed by atoms with Crippen molar-refractivity contribution in [3.8, 4) is 0 Å². The molecule has 0 aromatic heterocycles. The zero-order valence-electron chi connectivity index (χ0n) is 10.2. The Morgan fingerprint density at radius 2 is 1.84 bits per heavy atom. The highest BCUT2D eigenvalue weighted by atomic mass is 127. The number of nitro groups is 1. The Bertz CT molecular complexity index is 496. The maximum absolute atomic E-state index is 11.2. The summed E-state index contributed by atoms with van der Waals surface area (Å²) in [5, 5.41) is 22.8. The molecule has 0 aliphatic rings. The van der Waals surface area contributed by atoms with E-state index in [4.69, 9.17) is 5.11 Å². The minimum absolute atomic E-state index is 0.00391. The van der Waals surface area contributed by atoms with Gasteiger partial charge in [0.25, 0.3) is 5.69 Å². The molecule has 2 N–H and O–H groups in total. The van der Waals surface area contributed by atoms with Crippen molar-refractivity contribution in [1.82, 2.24) is 0 Å². The van der Waals surface area contributed by atoms with E-state index in [1.807, 2.05) is 45.2 Å². The Hall–Kier alpha value is -0.650. The molecule has 0 aliphatic heterocycles. The summed E-state index contributed by atoms with van der Waals surface area (Å²) in [6.45, 7) is 3.60. The van der Waals surface area contributed by atoms with Crippen LogP contribution >= 0.6 is 45.2 Å². The lowest BCUT2D eigenvalue weighted by molar-refractivity contribution is -0.385. The Morgan fingerprint density at radius 3 is 2.16 bits per heavy atom. The van der Waals surface area contributed by atoms with Crippen LogP contribution < -0.4 is 5.32 Å². The molecule has 1 rings (SSSR count). The van der Waals surface area contributed by atoms with Crippen LogP contribution in [0.15, 0.2) is 12.1 Å². The van der Waals surface area contributed by atoms with Crippen LogP contribution in [0, 0.1) is 23.2 Å². The maximum Gasteiger partial charge on any atom is 0.326 e. The first-order chi connectivity index (χ1) is 8.73. The van der Waals surface area contributed by atoms with Crippen LogP contribution in [-0.2, 0) is 4.79 Å². The van der Waals surface area contributed by atoms with E-state index in [1.54, 1.807) is 13.8 Å². The second kappa shape index (κ2) is 6.68. The lowest BCUT2D eigenvalue weighted by Crippen LogP contribution is -2.34. The lowest BCUT2D eigenvalue weighted by atomic mass is 10.0. The van der Waals surface area contributed by atoms with E-state index in [0.717, 1.165) is 0 Å². The van der Waals surface area contributed by atoms with E-state index in [9.17, 15) is 14.9 Å². The zero-order valence-corrected chi connectivity index (χ0v) is 14.5. The summed E-state index contributed by atoms with van der Waals surface area (Å²) >= 11 is 3.92. The highest BCUT2D eigenvalue weighted by Gasteiger charge is 2.24. The maximum atomic E-state index is 11.2. The third-order valence-electron chi connectivity index (χ3n) is 2.47. The molecule has 0 unspecified atom stereocenters.